The number of nitrogens with zero attached hydrogens (tertiary/aromatic N) is 1. The summed E-state index contributed by atoms with van der Waals surface area (Å²) in [5.74, 6) is -0.349. The highest BCUT2D eigenvalue weighted by atomic mass is 35.5. The van der Waals surface area contributed by atoms with Crippen LogP contribution in [0.4, 0.5) is 5.69 Å². The van der Waals surface area contributed by atoms with Crippen molar-refractivity contribution in [3.05, 3.63) is 59.1 Å². The highest BCUT2D eigenvalue weighted by molar-refractivity contribution is 7.98. The summed E-state index contributed by atoms with van der Waals surface area (Å²) in [5, 5.41) is 3.80. The summed E-state index contributed by atoms with van der Waals surface area (Å²) >= 11 is 7.50. The Bertz CT molecular complexity index is 764. The lowest BCUT2D eigenvalue weighted by atomic mass is 10.2. The highest BCUT2D eigenvalue weighted by Crippen LogP contribution is 2.24. The van der Waals surface area contributed by atoms with Crippen molar-refractivity contribution in [2.45, 2.75) is 23.9 Å². The van der Waals surface area contributed by atoms with Crippen molar-refractivity contribution in [3.8, 4) is 0 Å². The molecule has 0 bridgehead atoms. The van der Waals surface area contributed by atoms with E-state index in [9.17, 15) is 9.59 Å². The van der Waals surface area contributed by atoms with Gasteiger partial charge in [0.05, 0.1) is 13.0 Å². The quantitative estimate of drug-likeness (QED) is 0.650. The van der Waals surface area contributed by atoms with Gasteiger partial charge in [-0.15, -0.1) is 11.8 Å². The number of amides is 2. The minimum Gasteiger partial charge on any atom is -0.373 e. The van der Waals surface area contributed by atoms with Crippen molar-refractivity contribution >= 4 is 40.9 Å². The number of thioether (sulfide) groups is 1. The van der Waals surface area contributed by atoms with E-state index in [1.165, 1.54) is 4.90 Å². The van der Waals surface area contributed by atoms with Crippen molar-refractivity contribution in [2.75, 3.05) is 11.6 Å². The molecule has 1 saturated heterocycles. The van der Waals surface area contributed by atoms with Crippen molar-refractivity contribution in [3.63, 3.8) is 0 Å². The molecule has 0 radical (unpaired) electrons. The second-order valence-corrected chi connectivity index (χ2v) is 6.89. The van der Waals surface area contributed by atoms with E-state index in [2.05, 4.69) is 5.32 Å². The molecule has 1 atom stereocenters. The lowest BCUT2D eigenvalue weighted by Gasteiger charge is -2.16. The third-order valence-electron chi connectivity index (χ3n) is 3.91. The van der Waals surface area contributed by atoms with Gasteiger partial charge in [-0.1, -0.05) is 29.8 Å². The normalized spacial score (nSPS) is 17.4. The molecule has 0 unspecified atom stereocenters. The average Bonchev–Trinajstić information content (AvgIpc) is 2.84. The highest BCUT2D eigenvalue weighted by Gasteiger charge is 2.38. The van der Waals surface area contributed by atoms with Crippen LogP contribution in [0.15, 0.2) is 53.4 Å². The maximum absolute atomic E-state index is 12.6. The number of benzene rings is 2. The van der Waals surface area contributed by atoms with Crippen LogP contribution in [-0.2, 0) is 16.1 Å². The molecule has 1 N–H and O–H groups in total. The second kappa shape index (κ2) is 7.28. The zero-order valence-corrected chi connectivity index (χ0v) is 14.7. The van der Waals surface area contributed by atoms with Gasteiger partial charge in [-0.3, -0.25) is 14.5 Å². The van der Waals surface area contributed by atoms with E-state index < -0.39 is 6.04 Å². The summed E-state index contributed by atoms with van der Waals surface area (Å²) in [6.45, 7) is 0.276. The third-order valence-corrected chi connectivity index (χ3v) is 4.89. The zero-order valence-electron chi connectivity index (χ0n) is 13.2. The molecule has 0 saturated carbocycles. The van der Waals surface area contributed by atoms with Gasteiger partial charge in [-0.25, -0.2) is 0 Å². The molecule has 2 amide bonds. The Balaban J connectivity index is 1.70. The Morgan fingerprint density at radius 2 is 1.96 bits per heavy atom. The first kappa shape index (κ1) is 16.9. The molecule has 0 aliphatic carbocycles. The number of nitrogens with one attached hydrogen (secondary N) is 1. The van der Waals surface area contributed by atoms with Gasteiger partial charge in [0.1, 0.15) is 6.04 Å². The van der Waals surface area contributed by atoms with E-state index in [-0.39, 0.29) is 24.8 Å². The molecule has 1 fully saturated rings. The molecular formula is C18H17ClN2O2S. The van der Waals surface area contributed by atoms with Crippen LogP contribution in [0.2, 0.25) is 5.02 Å². The number of hydrogen-bond acceptors (Lipinski definition) is 4. The second-order valence-electron chi connectivity index (χ2n) is 5.58. The van der Waals surface area contributed by atoms with Crippen LogP contribution in [0, 0.1) is 0 Å². The number of carbonyl (C=O) groups excluding carboxylic acids is 2. The number of rotatable bonds is 5. The average molecular weight is 361 g/mol. The summed E-state index contributed by atoms with van der Waals surface area (Å²) < 4.78 is 0. The summed E-state index contributed by atoms with van der Waals surface area (Å²) in [5.41, 5.74) is 1.73. The summed E-state index contributed by atoms with van der Waals surface area (Å²) in [4.78, 5) is 27.2. The number of halogens is 1. The van der Waals surface area contributed by atoms with Crippen LogP contribution in [0.3, 0.4) is 0 Å². The van der Waals surface area contributed by atoms with Gasteiger partial charge in [0, 0.05) is 15.6 Å². The molecule has 3 rings (SSSR count). The van der Waals surface area contributed by atoms with Crippen LogP contribution in [0.25, 0.3) is 0 Å². The maximum Gasteiger partial charge on any atom is 0.252 e. The van der Waals surface area contributed by atoms with Gasteiger partial charge >= 0.3 is 0 Å². The van der Waals surface area contributed by atoms with Gasteiger partial charge in [-0.05, 0) is 42.2 Å². The fourth-order valence-electron chi connectivity index (χ4n) is 2.65. The molecule has 24 heavy (non-hydrogen) atoms. The molecule has 6 heteroatoms. The van der Waals surface area contributed by atoms with Crippen molar-refractivity contribution in [2.24, 2.45) is 0 Å². The molecule has 2 aromatic rings. The number of likely N-dealkylation sites (tertiary alicyclic amines) is 1. The van der Waals surface area contributed by atoms with E-state index in [4.69, 9.17) is 11.6 Å². The third kappa shape index (κ3) is 3.74. The monoisotopic (exact) mass is 360 g/mol. The molecule has 124 valence electrons. The van der Waals surface area contributed by atoms with Crippen LogP contribution in [-0.4, -0.2) is 29.0 Å². The first-order chi connectivity index (χ1) is 11.6. The van der Waals surface area contributed by atoms with Crippen LogP contribution in [0.5, 0.6) is 0 Å². The molecule has 1 aliphatic rings. The van der Waals surface area contributed by atoms with Crippen molar-refractivity contribution in [1.82, 2.24) is 4.90 Å². The van der Waals surface area contributed by atoms with Crippen molar-refractivity contribution in [1.29, 1.82) is 0 Å². The largest absolute Gasteiger partial charge is 0.373 e. The van der Waals surface area contributed by atoms with E-state index in [1.807, 2.05) is 42.7 Å². The van der Waals surface area contributed by atoms with Gasteiger partial charge in [0.25, 0.3) is 5.91 Å². The SMILES string of the molecule is CSc1cccc(N[C@H]2CC(=O)N(Cc3ccc(Cl)cc3)C2=O)c1. The molecular weight excluding hydrogens is 344 g/mol. The standard InChI is InChI=1S/C18H17ClN2O2S/c1-24-15-4-2-3-14(9-15)20-16-10-17(22)21(18(16)23)11-12-5-7-13(19)8-6-12/h2-9,16,20H,10-11H2,1H3/t16-/m0/s1. The minimum atomic E-state index is -0.512. The van der Waals surface area contributed by atoms with Crippen LogP contribution in [0.1, 0.15) is 12.0 Å². The van der Waals surface area contributed by atoms with E-state index in [0.717, 1.165) is 16.1 Å². The first-order valence-corrected chi connectivity index (χ1v) is 9.16. The molecule has 4 nitrogen and oxygen atoms in total. The Morgan fingerprint density at radius 1 is 1.21 bits per heavy atom. The Kier molecular flexibility index (Phi) is 5.11. The predicted molar refractivity (Wildman–Crippen MR) is 97.3 cm³/mol. The zero-order chi connectivity index (χ0) is 17.1. The minimum absolute atomic E-state index is 0.159. The molecule has 1 aliphatic heterocycles. The fourth-order valence-corrected chi connectivity index (χ4v) is 3.23. The Hall–Kier alpha value is -1.98. The molecule has 0 aromatic heterocycles. The van der Waals surface area contributed by atoms with Gasteiger partial charge in [-0.2, -0.15) is 0 Å². The van der Waals surface area contributed by atoms with Crippen LogP contribution >= 0.6 is 23.4 Å². The molecule has 0 spiro atoms. The smallest absolute Gasteiger partial charge is 0.252 e. The topological polar surface area (TPSA) is 49.4 Å². The number of imide groups is 1. The first-order valence-electron chi connectivity index (χ1n) is 7.56. The van der Waals surface area contributed by atoms with Gasteiger partial charge in [0.2, 0.25) is 5.91 Å². The lowest BCUT2D eigenvalue weighted by molar-refractivity contribution is -0.139. The Labute approximate surface area is 150 Å². The predicted octanol–water partition coefficient (Wildman–Crippen LogP) is 3.80. The summed E-state index contributed by atoms with van der Waals surface area (Å²) in [6, 6.07) is 14.5. The Morgan fingerprint density at radius 3 is 2.67 bits per heavy atom. The summed E-state index contributed by atoms with van der Waals surface area (Å²) in [7, 11) is 0. The fraction of sp³-hybridized carbons (Fsp3) is 0.222. The van der Waals surface area contributed by atoms with E-state index >= 15 is 0 Å². The van der Waals surface area contributed by atoms with Crippen molar-refractivity contribution < 1.29 is 9.59 Å². The lowest BCUT2D eigenvalue weighted by Crippen LogP contribution is -2.34. The maximum atomic E-state index is 12.6. The molecule has 1 heterocycles. The van der Waals surface area contributed by atoms with E-state index in [0.29, 0.717) is 5.02 Å². The summed E-state index contributed by atoms with van der Waals surface area (Å²) in [6.07, 6.45) is 2.17. The van der Waals surface area contributed by atoms with Gasteiger partial charge in [0.15, 0.2) is 0 Å². The van der Waals surface area contributed by atoms with E-state index in [1.54, 1.807) is 23.9 Å². The molecule has 2 aromatic carbocycles. The number of carbonyl (C=O) groups is 2. The van der Waals surface area contributed by atoms with Gasteiger partial charge < -0.3 is 5.32 Å². The number of hydrogen-bond donors (Lipinski definition) is 1. The van der Waals surface area contributed by atoms with Crippen LogP contribution < -0.4 is 5.32 Å². The number of anilines is 1.